The lowest BCUT2D eigenvalue weighted by Gasteiger charge is -2.14. The molecule has 1 amide bonds. The second kappa shape index (κ2) is 5.41. The Hall–Kier alpha value is -1.87. The van der Waals surface area contributed by atoms with Crippen LogP contribution in [-0.2, 0) is 14.6 Å². The minimum absolute atomic E-state index is 0.00232. The summed E-state index contributed by atoms with van der Waals surface area (Å²) in [5, 5.41) is 10.7. The Morgan fingerprint density at radius 1 is 1.26 bits per heavy atom. The van der Waals surface area contributed by atoms with Crippen molar-refractivity contribution in [1.82, 2.24) is 5.32 Å². The first-order valence-corrected chi connectivity index (χ1v) is 7.59. The fourth-order valence-electron chi connectivity index (χ4n) is 2.12. The molecule has 0 aliphatic carbocycles. The lowest BCUT2D eigenvalue weighted by molar-refractivity contribution is -0.120. The average Bonchev–Trinajstić information content (AvgIpc) is 2.64. The standard InChI is InChI=1S/C13H14N2O3S/c14-9-10-3-5-11(6-4-10)19(17,18)12-2-1-7-15-13(16)8-12/h3-6,12H,1-2,7-8H2,(H,15,16). The Morgan fingerprint density at radius 2 is 1.95 bits per heavy atom. The van der Waals surface area contributed by atoms with Crippen LogP contribution in [0.15, 0.2) is 29.2 Å². The molecular formula is C13H14N2O3S. The van der Waals surface area contributed by atoms with Gasteiger partial charge in [0.1, 0.15) is 0 Å². The summed E-state index contributed by atoms with van der Waals surface area (Å²) >= 11 is 0. The Labute approximate surface area is 112 Å². The van der Waals surface area contributed by atoms with Gasteiger partial charge in [-0.25, -0.2) is 8.42 Å². The molecule has 0 spiro atoms. The van der Waals surface area contributed by atoms with E-state index < -0.39 is 15.1 Å². The molecule has 6 heteroatoms. The Bertz CT molecular complexity index is 614. The summed E-state index contributed by atoms with van der Waals surface area (Å²) in [4.78, 5) is 11.6. The number of carbonyl (C=O) groups excluding carboxylic acids is 1. The minimum Gasteiger partial charge on any atom is -0.356 e. The van der Waals surface area contributed by atoms with Crippen LogP contribution in [0.3, 0.4) is 0 Å². The van der Waals surface area contributed by atoms with Crippen LogP contribution in [0.5, 0.6) is 0 Å². The molecule has 1 atom stereocenters. The molecule has 0 radical (unpaired) electrons. The molecule has 1 aromatic rings. The minimum atomic E-state index is -3.51. The molecule has 5 nitrogen and oxygen atoms in total. The molecular weight excluding hydrogens is 264 g/mol. The number of nitrogens with zero attached hydrogens (tertiary/aromatic N) is 1. The zero-order valence-corrected chi connectivity index (χ0v) is 11.1. The number of sulfone groups is 1. The predicted molar refractivity (Wildman–Crippen MR) is 69.0 cm³/mol. The molecule has 1 aromatic carbocycles. The van der Waals surface area contributed by atoms with E-state index in [9.17, 15) is 13.2 Å². The van der Waals surface area contributed by atoms with Crippen molar-refractivity contribution in [3.63, 3.8) is 0 Å². The zero-order valence-electron chi connectivity index (χ0n) is 10.3. The smallest absolute Gasteiger partial charge is 0.221 e. The van der Waals surface area contributed by atoms with Crippen molar-refractivity contribution in [3.8, 4) is 6.07 Å². The fourth-order valence-corrected chi connectivity index (χ4v) is 3.86. The van der Waals surface area contributed by atoms with Crippen molar-refractivity contribution >= 4 is 15.7 Å². The molecule has 100 valence electrons. The fraction of sp³-hybridized carbons (Fsp3) is 0.385. The van der Waals surface area contributed by atoms with Gasteiger partial charge in [0.2, 0.25) is 5.91 Å². The summed E-state index contributed by atoms with van der Waals surface area (Å²) in [5.41, 5.74) is 0.414. The van der Waals surface area contributed by atoms with Gasteiger partial charge >= 0.3 is 0 Å². The Morgan fingerprint density at radius 3 is 2.58 bits per heavy atom. The molecule has 1 heterocycles. The van der Waals surface area contributed by atoms with E-state index in [0.29, 0.717) is 24.9 Å². The maximum absolute atomic E-state index is 12.4. The highest BCUT2D eigenvalue weighted by Gasteiger charge is 2.30. The monoisotopic (exact) mass is 278 g/mol. The molecule has 0 saturated carbocycles. The molecule has 0 bridgehead atoms. The molecule has 0 aromatic heterocycles. The number of amides is 1. The van der Waals surface area contributed by atoms with Crippen molar-refractivity contribution in [3.05, 3.63) is 29.8 Å². The SMILES string of the molecule is N#Cc1ccc(S(=O)(=O)C2CCCNC(=O)C2)cc1. The summed E-state index contributed by atoms with van der Waals surface area (Å²) in [7, 11) is -3.51. The number of rotatable bonds is 2. The van der Waals surface area contributed by atoms with Crippen LogP contribution < -0.4 is 5.32 Å². The maximum atomic E-state index is 12.4. The molecule has 1 saturated heterocycles. The van der Waals surface area contributed by atoms with Crippen molar-refractivity contribution in [1.29, 1.82) is 5.26 Å². The van der Waals surface area contributed by atoms with Gasteiger partial charge in [-0.1, -0.05) is 0 Å². The van der Waals surface area contributed by atoms with E-state index in [1.54, 1.807) is 0 Å². The van der Waals surface area contributed by atoms with Gasteiger partial charge in [-0.3, -0.25) is 4.79 Å². The first-order chi connectivity index (χ1) is 9.04. The van der Waals surface area contributed by atoms with Crippen LogP contribution in [0.25, 0.3) is 0 Å². The Kier molecular flexibility index (Phi) is 3.86. The highest BCUT2D eigenvalue weighted by molar-refractivity contribution is 7.92. The molecule has 1 unspecified atom stereocenters. The third kappa shape index (κ3) is 2.93. The van der Waals surface area contributed by atoms with Crippen LogP contribution in [0.2, 0.25) is 0 Å². The second-order valence-electron chi connectivity index (χ2n) is 4.50. The molecule has 2 rings (SSSR count). The van der Waals surface area contributed by atoms with Crippen LogP contribution in [0.1, 0.15) is 24.8 Å². The van der Waals surface area contributed by atoms with Crippen molar-refractivity contribution in [2.24, 2.45) is 0 Å². The van der Waals surface area contributed by atoms with Crippen LogP contribution in [-0.4, -0.2) is 26.1 Å². The van der Waals surface area contributed by atoms with Gasteiger partial charge in [-0.2, -0.15) is 5.26 Å². The molecule has 1 aliphatic heterocycles. The third-order valence-corrected chi connectivity index (χ3v) is 5.40. The predicted octanol–water partition coefficient (Wildman–Crippen LogP) is 1.00. The van der Waals surface area contributed by atoms with Gasteiger partial charge in [0.15, 0.2) is 9.84 Å². The van der Waals surface area contributed by atoms with Crippen LogP contribution in [0.4, 0.5) is 0 Å². The first-order valence-electron chi connectivity index (χ1n) is 6.05. The quantitative estimate of drug-likeness (QED) is 0.874. The maximum Gasteiger partial charge on any atom is 0.221 e. The zero-order chi connectivity index (χ0) is 13.9. The summed E-state index contributed by atoms with van der Waals surface area (Å²) in [6.45, 7) is 0.526. The summed E-state index contributed by atoms with van der Waals surface area (Å²) in [6.07, 6.45) is 1.13. The lowest BCUT2D eigenvalue weighted by Crippen LogP contribution is -2.27. The van der Waals surface area contributed by atoms with Gasteiger partial charge in [0, 0.05) is 13.0 Å². The van der Waals surface area contributed by atoms with Gasteiger partial charge in [0.05, 0.1) is 21.8 Å². The number of nitriles is 1. The van der Waals surface area contributed by atoms with Crippen LogP contribution >= 0.6 is 0 Å². The van der Waals surface area contributed by atoms with E-state index in [4.69, 9.17) is 5.26 Å². The number of carbonyl (C=O) groups is 1. The highest BCUT2D eigenvalue weighted by Crippen LogP contribution is 2.23. The first kappa shape index (κ1) is 13.6. The summed E-state index contributed by atoms with van der Waals surface area (Å²) in [6, 6.07) is 7.75. The van der Waals surface area contributed by atoms with Gasteiger partial charge in [-0.05, 0) is 37.1 Å². The van der Waals surface area contributed by atoms with Crippen molar-refractivity contribution < 1.29 is 13.2 Å². The number of hydrogen-bond acceptors (Lipinski definition) is 4. The summed E-state index contributed by atoms with van der Waals surface area (Å²) < 4.78 is 24.8. The second-order valence-corrected chi connectivity index (χ2v) is 6.73. The Balaban J connectivity index is 2.30. The van der Waals surface area contributed by atoms with E-state index >= 15 is 0 Å². The van der Waals surface area contributed by atoms with E-state index in [0.717, 1.165) is 0 Å². The number of hydrogen-bond donors (Lipinski definition) is 1. The highest BCUT2D eigenvalue weighted by atomic mass is 32.2. The third-order valence-electron chi connectivity index (χ3n) is 3.19. The number of nitrogens with one attached hydrogen (secondary N) is 1. The normalized spacial score (nSPS) is 20.2. The molecule has 19 heavy (non-hydrogen) atoms. The molecule has 1 aliphatic rings. The van der Waals surface area contributed by atoms with Gasteiger partial charge < -0.3 is 5.32 Å². The molecule has 1 fully saturated rings. The van der Waals surface area contributed by atoms with E-state index in [2.05, 4.69) is 5.32 Å². The van der Waals surface area contributed by atoms with Crippen molar-refractivity contribution in [2.75, 3.05) is 6.54 Å². The van der Waals surface area contributed by atoms with E-state index in [1.165, 1.54) is 24.3 Å². The van der Waals surface area contributed by atoms with Gasteiger partial charge in [-0.15, -0.1) is 0 Å². The topological polar surface area (TPSA) is 87.0 Å². The van der Waals surface area contributed by atoms with Crippen molar-refractivity contribution in [2.45, 2.75) is 29.4 Å². The lowest BCUT2D eigenvalue weighted by atomic mass is 10.2. The number of benzene rings is 1. The largest absolute Gasteiger partial charge is 0.356 e. The molecule has 1 N–H and O–H groups in total. The van der Waals surface area contributed by atoms with E-state index in [1.807, 2.05) is 6.07 Å². The van der Waals surface area contributed by atoms with Gasteiger partial charge in [0.25, 0.3) is 0 Å². The van der Waals surface area contributed by atoms with E-state index in [-0.39, 0.29) is 17.2 Å². The summed E-state index contributed by atoms with van der Waals surface area (Å²) in [5.74, 6) is -0.222. The van der Waals surface area contributed by atoms with Crippen LogP contribution in [0, 0.1) is 11.3 Å². The average molecular weight is 278 g/mol.